The highest BCUT2D eigenvalue weighted by Crippen LogP contribution is 2.28. The van der Waals surface area contributed by atoms with Gasteiger partial charge in [-0.1, -0.05) is 31.5 Å². The molecule has 2 N–H and O–H groups in total. The molecule has 33 heavy (non-hydrogen) atoms. The molecule has 0 unspecified atom stereocenters. The third kappa shape index (κ3) is 6.95. The third-order valence-electron chi connectivity index (χ3n) is 4.52. The van der Waals surface area contributed by atoms with Crippen molar-refractivity contribution in [2.24, 2.45) is 0 Å². The number of halogens is 1. The average Bonchev–Trinajstić information content (AvgIpc) is 2.79. The number of sulfonamides is 1. The van der Waals surface area contributed by atoms with E-state index in [1.165, 1.54) is 47.8 Å². The van der Waals surface area contributed by atoms with E-state index in [0.717, 1.165) is 6.08 Å². The Morgan fingerprint density at radius 3 is 2.48 bits per heavy atom. The third-order valence-corrected chi connectivity index (χ3v) is 6.89. The van der Waals surface area contributed by atoms with Gasteiger partial charge in [-0.2, -0.15) is 4.31 Å². The molecule has 0 aliphatic carbocycles. The number of carbonyl (C=O) groups excluding carboxylic acids is 2. The van der Waals surface area contributed by atoms with E-state index in [1.54, 1.807) is 19.9 Å². The van der Waals surface area contributed by atoms with Gasteiger partial charge < -0.3 is 19.9 Å². The van der Waals surface area contributed by atoms with Crippen LogP contribution >= 0.6 is 11.6 Å². The van der Waals surface area contributed by atoms with Crippen molar-refractivity contribution in [2.75, 3.05) is 32.1 Å². The Kier molecular flexibility index (Phi) is 9.27. The van der Waals surface area contributed by atoms with Crippen LogP contribution in [0.15, 0.2) is 47.4 Å². The van der Waals surface area contributed by atoms with E-state index in [1.807, 2.05) is 0 Å². The molecule has 0 heterocycles. The van der Waals surface area contributed by atoms with Crippen LogP contribution < -0.4 is 10.1 Å². The van der Waals surface area contributed by atoms with Crippen molar-refractivity contribution in [2.45, 2.75) is 18.7 Å². The summed E-state index contributed by atoms with van der Waals surface area (Å²) >= 11 is 6.08. The number of ether oxygens (including phenoxy) is 2. The molecule has 1 amide bonds. The summed E-state index contributed by atoms with van der Waals surface area (Å²) in [6.07, 6.45) is 2.55. The van der Waals surface area contributed by atoms with Crippen LogP contribution in [0, 0.1) is 0 Å². The molecule has 2 rings (SSSR count). The van der Waals surface area contributed by atoms with Gasteiger partial charge in [0.05, 0.1) is 22.7 Å². The number of nitrogens with one attached hydrogen (secondary N) is 1. The van der Waals surface area contributed by atoms with Gasteiger partial charge in [-0.3, -0.25) is 4.79 Å². The Hall–Kier alpha value is -3.08. The fourth-order valence-corrected chi connectivity index (χ4v) is 4.46. The fourth-order valence-electron chi connectivity index (χ4n) is 2.81. The number of phenolic OH excluding ortho intramolecular Hbond substituents is 1. The number of benzene rings is 2. The first-order valence-electron chi connectivity index (χ1n) is 9.93. The van der Waals surface area contributed by atoms with E-state index in [4.69, 9.17) is 21.1 Å². The van der Waals surface area contributed by atoms with E-state index in [9.17, 15) is 23.1 Å². The number of rotatable bonds is 10. The molecule has 11 heteroatoms. The lowest BCUT2D eigenvalue weighted by molar-refractivity contribution is -0.142. The average molecular weight is 497 g/mol. The number of carbonyl (C=O) groups is 2. The van der Waals surface area contributed by atoms with Crippen molar-refractivity contribution < 1.29 is 32.6 Å². The second kappa shape index (κ2) is 11.7. The molecule has 0 aliphatic heterocycles. The molecule has 0 fully saturated rings. The first-order valence-corrected chi connectivity index (χ1v) is 11.8. The largest absolute Gasteiger partial charge is 0.504 e. The summed E-state index contributed by atoms with van der Waals surface area (Å²) in [5.74, 6) is -1.27. The predicted molar refractivity (Wildman–Crippen MR) is 125 cm³/mol. The molecular formula is C22H25ClN2O7S. The van der Waals surface area contributed by atoms with Gasteiger partial charge >= 0.3 is 5.97 Å². The van der Waals surface area contributed by atoms with Crippen molar-refractivity contribution in [3.05, 3.63) is 53.1 Å². The Bertz CT molecular complexity index is 1150. The Balaban J connectivity index is 2.01. The SMILES string of the molecule is CCN(CC)S(=O)(=O)c1ccc(Cl)c(NC(=O)COC(=O)/C=C/c2ccc(O)c(OC)c2)c1. The number of nitrogens with zero attached hydrogens (tertiary/aromatic N) is 1. The highest BCUT2D eigenvalue weighted by atomic mass is 35.5. The molecule has 2 aromatic carbocycles. The Labute approximate surface area is 197 Å². The molecule has 0 saturated carbocycles. The molecule has 0 atom stereocenters. The summed E-state index contributed by atoms with van der Waals surface area (Å²) in [7, 11) is -2.34. The molecule has 9 nitrogen and oxygen atoms in total. The summed E-state index contributed by atoms with van der Waals surface area (Å²) in [6.45, 7) is 3.43. The number of methoxy groups -OCH3 is 1. The maximum atomic E-state index is 12.7. The monoisotopic (exact) mass is 496 g/mol. The topological polar surface area (TPSA) is 122 Å². The summed E-state index contributed by atoms with van der Waals surface area (Å²) < 4.78 is 36.5. The van der Waals surface area contributed by atoms with Gasteiger partial charge in [0.25, 0.3) is 5.91 Å². The van der Waals surface area contributed by atoms with Crippen molar-refractivity contribution in [1.29, 1.82) is 0 Å². The fraction of sp³-hybridized carbons (Fsp3) is 0.273. The van der Waals surface area contributed by atoms with Crippen molar-refractivity contribution in [3.63, 3.8) is 0 Å². The maximum absolute atomic E-state index is 12.7. The number of phenols is 1. The van der Waals surface area contributed by atoms with Crippen molar-refractivity contribution in [3.8, 4) is 11.5 Å². The lowest BCUT2D eigenvalue weighted by Gasteiger charge is -2.19. The molecule has 178 valence electrons. The van der Waals surface area contributed by atoms with Gasteiger partial charge in [0.1, 0.15) is 0 Å². The van der Waals surface area contributed by atoms with Gasteiger partial charge in [0.2, 0.25) is 10.0 Å². The van der Waals surface area contributed by atoms with Crippen LogP contribution in [-0.4, -0.2) is 56.5 Å². The molecule has 0 radical (unpaired) electrons. The second-order valence-electron chi connectivity index (χ2n) is 6.65. The van der Waals surface area contributed by atoms with Crippen LogP contribution in [0.4, 0.5) is 5.69 Å². The van der Waals surface area contributed by atoms with E-state index in [0.29, 0.717) is 18.7 Å². The van der Waals surface area contributed by atoms with Gasteiger partial charge in [-0.25, -0.2) is 13.2 Å². The van der Waals surface area contributed by atoms with Crippen LogP contribution in [0.1, 0.15) is 19.4 Å². The van der Waals surface area contributed by atoms with E-state index >= 15 is 0 Å². The summed E-state index contributed by atoms with van der Waals surface area (Å²) in [6, 6.07) is 8.48. The highest BCUT2D eigenvalue weighted by molar-refractivity contribution is 7.89. The minimum Gasteiger partial charge on any atom is -0.504 e. The summed E-state index contributed by atoms with van der Waals surface area (Å²) in [4.78, 5) is 24.1. The number of esters is 1. The smallest absolute Gasteiger partial charge is 0.331 e. The van der Waals surface area contributed by atoms with Crippen LogP contribution in [0.25, 0.3) is 6.08 Å². The molecule has 0 spiro atoms. The standard InChI is InChI=1S/C22H25ClN2O7S/c1-4-25(5-2)33(29,30)16-8-9-17(23)18(13-16)24-21(27)14-32-22(28)11-7-15-6-10-19(26)20(12-15)31-3/h6-13,26H,4-5,14H2,1-3H3,(H,24,27)/b11-7+. The van der Waals surface area contributed by atoms with Crippen LogP contribution in [0.2, 0.25) is 5.02 Å². The van der Waals surface area contributed by atoms with Crippen molar-refractivity contribution >= 4 is 45.3 Å². The first kappa shape index (κ1) is 26.2. The highest BCUT2D eigenvalue weighted by Gasteiger charge is 2.23. The minimum absolute atomic E-state index is 0.0184. The van der Waals surface area contributed by atoms with Gasteiger partial charge in [-0.15, -0.1) is 0 Å². The van der Waals surface area contributed by atoms with Crippen LogP contribution in [-0.2, 0) is 24.3 Å². The zero-order valence-corrected chi connectivity index (χ0v) is 19.9. The summed E-state index contributed by atoms with van der Waals surface area (Å²) in [5, 5.41) is 12.2. The molecule has 0 bridgehead atoms. The molecule has 2 aromatic rings. The number of aromatic hydroxyl groups is 1. The minimum atomic E-state index is -3.74. The maximum Gasteiger partial charge on any atom is 0.331 e. The quantitative estimate of drug-likeness (QED) is 0.382. The van der Waals surface area contributed by atoms with Crippen molar-refractivity contribution in [1.82, 2.24) is 4.31 Å². The predicted octanol–water partition coefficient (Wildman–Crippen LogP) is 3.28. The number of hydrogen-bond acceptors (Lipinski definition) is 7. The summed E-state index contributed by atoms with van der Waals surface area (Å²) in [5.41, 5.74) is 0.654. The zero-order chi connectivity index (χ0) is 24.6. The van der Waals surface area contributed by atoms with E-state index in [2.05, 4.69) is 5.32 Å². The molecule has 0 aliphatic rings. The molecule has 0 aromatic heterocycles. The molecular weight excluding hydrogens is 472 g/mol. The zero-order valence-electron chi connectivity index (χ0n) is 18.4. The van der Waals surface area contributed by atoms with E-state index < -0.39 is 28.5 Å². The first-order chi connectivity index (χ1) is 15.6. The lowest BCUT2D eigenvalue weighted by Crippen LogP contribution is -2.30. The van der Waals surface area contributed by atoms with Gasteiger partial charge in [0.15, 0.2) is 18.1 Å². The van der Waals surface area contributed by atoms with E-state index in [-0.39, 0.29) is 27.1 Å². The second-order valence-corrected chi connectivity index (χ2v) is 9.00. The van der Waals surface area contributed by atoms with Gasteiger partial charge in [0, 0.05) is 19.2 Å². The number of amides is 1. The Morgan fingerprint density at radius 2 is 1.85 bits per heavy atom. The normalized spacial score (nSPS) is 11.5. The number of anilines is 1. The number of hydrogen-bond donors (Lipinski definition) is 2. The van der Waals surface area contributed by atoms with Crippen LogP contribution in [0.3, 0.4) is 0 Å². The lowest BCUT2D eigenvalue weighted by atomic mass is 10.2. The van der Waals surface area contributed by atoms with Crippen LogP contribution in [0.5, 0.6) is 11.5 Å². The molecule has 0 saturated heterocycles. The Morgan fingerprint density at radius 1 is 1.15 bits per heavy atom. The van der Waals surface area contributed by atoms with Gasteiger partial charge in [-0.05, 0) is 42.0 Å².